The highest BCUT2D eigenvalue weighted by atomic mass is 16.6. The number of carboxylic acid groups (broad SMARTS) is 1. The molecule has 2 atom stereocenters. The van der Waals surface area contributed by atoms with Gasteiger partial charge in [0.25, 0.3) is 0 Å². The van der Waals surface area contributed by atoms with E-state index in [-0.39, 0.29) is 30.9 Å². The maximum atomic E-state index is 12.5. The molecule has 0 radical (unpaired) electrons. The molecule has 2 fully saturated rings. The van der Waals surface area contributed by atoms with Gasteiger partial charge in [0.1, 0.15) is 6.61 Å². The van der Waals surface area contributed by atoms with E-state index in [0.717, 1.165) is 5.56 Å². The Hall–Kier alpha value is -2.57. The van der Waals surface area contributed by atoms with Gasteiger partial charge >= 0.3 is 12.2 Å². The molecule has 7 heteroatoms. The Kier molecular flexibility index (Phi) is 4.69. The zero-order chi connectivity index (χ0) is 17.1. The number of amides is 3. The van der Waals surface area contributed by atoms with Crippen LogP contribution in [0.4, 0.5) is 9.59 Å². The normalized spacial score (nSPS) is 23.4. The van der Waals surface area contributed by atoms with E-state index in [9.17, 15) is 14.4 Å². The van der Waals surface area contributed by atoms with Gasteiger partial charge in [-0.3, -0.25) is 4.79 Å². The van der Waals surface area contributed by atoms with Crippen LogP contribution < -0.4 is 0 Å². The summed E-state index contributed by atoms with van der Waals surface area (Å²) in [4.78, 5) is 38.0. The van der Waals surface area contributed by atoms with E-state index in [1.54, 1.807) is 0 Å². The van der Waals surface area contributed by atoms with Crippen molar-refractivity contribution >= 4 is 18.1 Å². The fourth-order valence-electron chi connectivity index (χ4n) is 3.32. The van der Waals surface area contributed by atoms with Crippen molar-refractivity contribution in [2.75, 3.05) is 19.7 Å². The average molecular weight is 332 g/mol. The minimum absolute atomic E-state index is 0.0422. The van der Waals surface area contributed by atoms with Gasteiger partial charge in [0, 0.05) is 19.5 Å². The van der Waals surface area contributed by atoms with Crippen LogP contribution in [0, 0.1) is 5.92 Å². The Morgan fingerprint density at radius 3 is 2.67 bits per heavy atom. The molecule has 3 rings (SSSR count). The van der Waals surface area contributed by atoms with Crippen molar-refractivity contribution in [3.8, 4) is 0 Å². The largest absolute Gasteiger partial charge is 0.465 e. The van der Waals surface area contributed by atoms with Crippen LogP contribution in [0.25, 0.3) is 0 Å². The first-order valence-electron chi connectivity index (χ1n) is 8.05. The molecule has 7 nitrogen and oxygen atoms in total. The van der Waals surface area contributed by atoms with Gasteiger partial charge in [-0.05, 0) is 24.3 Å². The molecule has 0 saturated carbocycles. The van der Waals surface area contributed by atoms with E-state index < -0.39 is 12.2 Å². The third-order valence-electron chi connectivity index (χ3n) is 4.56. The van der Waals surface area contributed by atoms with Crippen LogP contribution in [-0.2, 0) is 16.0 Å². The van der Waals surface area contributed by atoms with Crippen molar-refractivity contribution in [2.45, 2.75) is 25.3 Å². The van der Waals surface area contributed by atoms with E-state index in [4.69, 9.17) is 9.84 Å². The molecule has 2 aliphatic heterocycles. The number of likely N-dealkylation sites (tertiary alicyclic amines) is 1. The molecule has 3 amide bonds. The van der Waals surface area contributed by atoms with Crippen molar-refractivity contribution in [1.82, 2.24) is 9.80 Å². The number of cyclic esters (lactones) is 1. The molecule has 2 heterocycles. The summed E-state index contributed by atoms with van der Waals surface area (Å²) in [6.07, 6.45) is -0.194. The van der Waals surface area contributed by atoms with Crippen molar-refractivity contribution in [3.63, 3.8) is 0 Å². The molecule has 0 spiro atoms. The predicted octanol–water partition coefficient (Wildman–Crippen LogP) is 1.97. The van der Waals surface area contributed by atoms with Gasteiger partial charge in [-0.2, -0.15) is 0 Å². The smallest absolute Gasteiger partial charge is 0.416 e. The van der Waals surface area contributed by atoms with E-state index in [0.29, 0.717) is 25.9 Å². The van der Waals surface area contributed by atoms with Crippen molar-refractivity contribution < 1.29 is 24.2 Å². The fraction of sp³-hybridized carbons (Fsp3) is 0.471. The summed E-state index contributed by atoms with van der Waals surface area (Å²) in [5.74, 6) is -0.324. The van der Waals surface area contributed by atoms with Crippen molar-refractivity contribution in [2.24, 2.45) is 5.92 Å². The molecule has 2 saturated heterocycles. The molecule has 2 aliphatic rings. The summed E-state index contributed by atoms with van der Waals surface area (Å²) in [7, 11) is 0. The molecule has 0 bridgehead atoms. The number of carbonyl (C=O) groups excluding carboxylic acids is 2. The first-order valence-corrected chi connectivity index (χ1v) is 8.05. The van der Waals surface area contributed by atoms with Gasteiger partial charge in [-0.1, -0.05) is 30.3 Å². The summed E-state index contributed by atoms with van der Waals surface area (Å²) >= 11 is 0. The summed E-state index contributed by atoms with van der Waals surface area (Å²) in [6, 6.07) is 9.34. The van der Waals surface area contributed by atoms with Crippen LogP contribution >= 0.6 is 0 Å². The Bertz CT molecular complexity index is 633. The monoisotopic (exact) mass is 332 g/mol. The highest BCUT2D eigenvalue weighted by Crippen LogP contribution is 2.24. The fourth-order valence-corrected chi connectivity index (χ4v) is 3.32. The molecule has 24 heavy (non-hydrogen) atoms. The number of hydrogen-bond acceptors (Lipinski definition) is 4. The first-order chi connectivity index (χ1) is 11.5. The first kappa shape index (κ1) is 16.3. The maximum Gasteiger partial charge on any atom is 0.416 e. The lowest BCUT2D eigenvalue weighted by Crippen LogP contribution is -2.41. The molecule has 0 aliphatic carbocycles. The molecule has 1 N–H and O–H groups in total. The SMILES string of the molecule is O=C(O)N1CC[C@H](CC(=O)N2C(=O)OC[C@H]2Cc2ccccc2)C1. The van der Waals surface area contributed by atoms with Gasteiger partial charge in [-0.25, -0.2) is 14.5 Å². The van der Waals surface area contributed by atoms with Crippen LogP contribution in [0.3, 0.4) is 0 Å². The average Bonchev–Trinajstić information content (AvgIpc) is 3.15. The number of nitrogens with zero attached hydrogens (tertiary/aromatic N) is 2. The van der Waals surface area contributed by atoms with E-state index in [2.05, 4.69) is 0 Å². The van der Waals surface area contributed by atoms with E-state index in [1.807, 2.05) is 30.3 Å². The molecule has 1 aromatic rings. The van der Waals surface area contributed by atoms with E-state index in [1.165, 1.54) is 9.80 Å². The second-order valence-corrected chi connectivity index (χ2v) is 6.27. The molecular formula is C17H20N2O5. The Labute approximate surface area is 139 Å². The lowest BCUT2D eigenvalue weighted by atomic mass is 10.0. The topological polar surface area (TPSA) is 87.2 Å². The van der Waals surface area contributed by atoms with Crippen LogP contribution in [0.15, 0.2) is 30.3 Å². The van der Waals surface area contributed by atoms with Gasteiger partial charge in [0.2, 0.25) is 5.91 Å². The Balaban J connectivity index is 1.61. The maximum absolute atomic E-state index is 12.5. The van der Waals surface area contributed by atoms with Crippen molar-refractivity contribution in [1.29, 1.82) is 0 Å². The summed E-state index contributed by atoms with van der Waals surface area (Å²) in [5, 5.41) is 8.98. The number of carbonyl (C=O) groups is 3. The lowest BCUT2D eigenvalue weighted by Gasteiger charge is -2.21. The van der Waals surface area contributed by atoms with E-state index >= 15 is 0 Å². The molecule has 1 aromatic carbocycles. The van der Waals surface area contributed by atoms with Gasteiger partial charge in [0.15, 0.2) is 0 Å². The van der Waals surface area contributed by atoms with Crippen LogP contribution in [0.2, 0.25) is 0 Å². The van der Waals surface area contributed by atoms with Gasteiger partial charge < -0.3 is 14.7 Å². The Morgan fingerprint density at radius 1 is 1.25 bits per heavy atom. The van der Waals surface area contributed by atoms with Gasteiger partial charge in [-0.15, -0.1) is 0 Å². The minimum atomic E-state index is -0.965. The molecular weight excluding hydrogens is 312 g/mol. The van der Waals surface area contributed by atoms with Crippen LogP contribution in [-0.4, -0.2) is 58.7 Å². The number of hydrogen-bond donors (Lipinski definition) is 1. The Morgan fingerprint density at radius 2 is 2.00 bits per heavy atom. The molecule has 0 aromatic heterocycles. The number of benzene rings is 1. The zero-order valence-electron chi connectivity index (χ0n) is 13.3. The lowest BCUT2D eigenvalue weighted by molar-refractivity contribution is -0.130. The van der Waals surface area contributed by atoms with Crippen molar-refractivity contribution in [3.05, 3.63) is 35.9 Å². The number of ether oxygens (including phenoxy) is 1. The van der Waals surface area contributed by atoms with Crippen LogP contribution in [0.5, 0.6) is 0 Å². The molecule has 0 unspecified atom stereocenters. The quantitative estimate of drug-likeness (QED) is 0.911. The van der Waals surface area contributed by atoms with Gasteiger partial charge in [0.05, 0.1) is 6.04 Å². The standard InChI is InChI=1S/C17H20N2O5/c20-15(9-13-6-7-18(10-13)16(21)22)19-14(11-24-17(19)23)8-12-4-2-1-3-5-12/h1-5,13-14H,6-11H2,(H,21,22)/t13-,14-/m1/s1. The second-order valence-electron chi connectivity index (χ2n) is 6.27. The molecule has 128 valence electrons. The van der Waals surface area contributed by atoms with Crippen LogP contribution in [0.1, 0.15) is 18.4 Å². The predicted molar refractivity (Wildman–Crippen MR) is 84.4 cm³/mol. The third kappa shape index (κ3) is 3.50. The zero-order valence-corrected chi connectivity index (χ0v) is 13.3. The minimum Gasteiger partial charge on any atom is -0.465 e. The summed E-state index contributed by atoms with van der Waals surface area (Å²) in [5.41, 5.74) is 1.04. The number of rotatable bonds is 4. The second kappa shape index (κ2) is 6.90. The number of imide groups is 1. The highest BCUT2D eigenvalue weighted by molar-refractivity contribution is 5.93. The summed E-state index contributed by atoms with van der Waals surface area (Å²) in [6.45, 7) is 0.976. The summed E-state index contributed by atoms with van der Waals surface area (Å²) < 4.78 is 5.06. The third-order valence-corrected chi connectivity index (χ3v) is 4.56. The highest BCUT2D eigenvalue weighted by Gasteiger charge is 2.39.